The highest BCUT2D eigenvalue weighted by atomic mass is 16.5. The van der Waals surface area contributed by atoms with Crippen molar-refractivity contribution in [2.45, 2.75) is 31.8 Å². The minimum Gasteiger partial charge on any atom is -0.490 e. The third-order valence-electron chi connectivity index (χ3n) is 4.96. The van der Waals surface area contributed by atoms with Crippen molar-refractivity contribution >= 4 is 5.91 Å². The number of amides is 1. The largest absolute Gasteiger partial charge is 0.490 e. The highest BCUT2D eigenvalue weighted by Crippen LogP contribution is 2.28. The Morgan fingerprint density at radius 2 is 2.03 bits per heavy atom. The molecule has 0 radical (unpaired) electrons. The van der Waals surface area contributed by atoms with Gasteiger partial charge in [-0.1, -0.05) is 18.2 Å². The fourth-order valence-electron chi connectivity index (χ4n) is 3.54. The maximum atomic E-state index is 13.1. The first-order chi connectivity index (χ1) is 14.2. The summed E-state index contributed by atoms with van der Waals surface area (Å²) in [6, 6.07) is 10.3. The van der Waals surface area contributed by atoms with E-state index >= 15 is 0 Å². The molecule has 29 heavy (non-hydrogen) atoms. The molecule has 148 valence electrons. The monoisotopic (exact) mass is 391 g/mol. The van der Waals surface area contributed by atoms with Crippen LogP contribution in [0.4, 0.5) is 0 Å². The molecule has 2 aromatic heterocycles. The van der Waals surface area contributed by atoms with Crippen molar-refractivity contribution in [1.82, 2.24) is 24.8 Å². The first-order valence-corrected chi connectivity index (χ1v) is 9.50. The molecule has 1 unspecified atom stereocenters. The Bertz CT molecular complexity index is 1070. The summed E-state index contributed by atoms with van der Waals surface area (Å²) < 4.78 is 6.98. The molecule has 3 heterocycles. The van der Waals surface area contributed by atoms with Crippen molar-refractivity contribution in [3.63, 3.8) is 0 Å². The van der Waals surface area contributed by atoms with Crippen molar-refractivity contribution < 1.29 is 9.53 Å². The molecule has 1 aliphatic rings. The molecule has 8 nitrogen and oxygen atoms in total. The molecule has 0 spiro atoms. The average Bonchev–Trinajstić information content (AvgIpc) is 2.97. The number of benzene rings is 1. The van der Waals surface area contributed by atoms with Crippen molar-refractivity contribution in [3.05, 3.63) is 70.7 Å². The van der Waals surface area contributed by atoms with E-state index in [1.165, 1.54) is 13.4 Å². The average molecular weight is 391 g/mol. The normalized spacial score (nSPS) is 15.8. The number of ether oxygens (including phenoxy) is 1. The van der Waals surface area contributed by atoms with Gasteiger partial charge in [-0.25, -0.2) is 15.0 Å². The van der Waals surface area contributed by atoms with E-state index in [1.807, 2.05) is 18.2 Å². The Balaban J connectivity index is 1.79. The van der Waals surface area contributed by atoms with Crippen molar-refractivity contribution in [3.8, 4) is 17.1 Å². The van der Waals surface area contributed by atoms with Crippen molar-refractivity contribution in [2.75, 3.05) is 7.11 Å². The first-order valence-electron chi connectivity index (χ1n) is 9.50. The topological polar surface area (TPSA) is 99.0 Å². The highest BCUT2D eigenvalue weighted by molar-refractivity contribution is 5.94. The van der Waals surface area contributed by atoms with Crippen LogP contribution in [0.2, 0.25) is 0 Å². The second-order valence-corrected chi connectivity index (χ2v) is 6.79. The minimum atomic E-state index is -0.385. The van der Waals surface area contributed by atoms with Crippen LogP contribution in [0.1, 0.15) is 41.5 Å². The molecule has 1 N–H and O–H groups in total. The van der Waals surface area contributed by atoms with Crippen LogP contribution >= 0.6 is 0 Å². The lowest BCUT2D eigenvalue weighted by Crippen LogP contribution is -2.34. The third-order valence-corrected chi connectivity index (χ3v) is 4.96. The van der Waals surface area contributed by atoms with E-state index in [1.54, 1.807) is 29.0 Å². The van der Waals surface area contributed by atoms with Gasteiger partial charge in [0.25, 0.3) is 11.5 Å². The Morgan fingerprint density at radius 1 is 1.21 bits per heavy atom. The molecule has 0 aliphatic carbocycles. The van der Waals surface area contributed by atoms with Crippen molar-refractivity contribution in [2.24, 2.45) is 0 Å². The van der Waals surface area contributed by atoms with Crippen LogP contribution in [0.5, 0.6) is 5.75 Å². The Kier molecular flexibility index (Phi) is 5.33. The Morgan fingerprint density at radius 3 is 2.76 bits per heavy atom. The van der Waals surface area contributed by atoms with Gasteiger partial charge in [0, 0.05) is 18.3 Å². The van der Waals surface area contributed by atoms with Crippen molar-refractivity contribution in [1.29, 1.82) is 0 Å². The smallest absolute Gasteiger partial charge is 0.296 e. The van der Waals surface area contributed by atoms with Gasteiger partial charge < -0.3 is 10.1 Å². The predicted octanol–water partition coefficient (Wildman–Crippen LogP) is 2.36. The van der Waals surface area contributed by atoms with Gasteiger partial charge in [0.2, 0.25) is 5.75 Å². The number of nitrogens with one attached hydrogen (secondary N) is 1. The standard InChI is InChI=1S/C21H21N5O3/c1-29-18-17(15-10-11-22-13-23-15)25-19-16(9-5-6-12-26(19)21(18)28)24-20(27)14-7-3-2-4-8-14/h2-4,7-8,10-11,13,16H,5-6,9,12H2,1H3,(H,24,27). The molecular formula is C21H21N5O3. The lowest BCUT2D eigenvalue weighted by Gasteiger charge is -2.21. The zero-order chi connectivity index (χ0) is 20.2. The zero-order valence-corrected chi connectivity index (χ0v) is 16.0. The molecule has 8 heteroatoms. The zero-order valence-electron chi connectivity index (χ0n) is 16.0. The summed E-state index contributed by atoms with van der Waals surface area (Å²) in [4.78, 5) is 38.7. The van der Waals surface area contributed by atoms with E-state index in [4.69, 9.17) is 9.72 Å². The number of aromatic nitrogens is 4. The number of nitrogens with zero attached hydrogens (tertiary/aromatic N) is 4. The van der Waals surface area contributed by atoms with Gasteiger partial charge in [-0.05, 0) is 37.5 Å². The first kappa shape index (κ1) is 18.8. The summed E-state index contributed by atoms with van der Waals surface area (Å²) in [5, 5.41) is 3.04. The van der Waals surface area contributed by atoms with Gasteiger partial charge >= 0.3 is 0 Å². The number of carbonyl (C=O) groups is 1. The van der Waals surface area contributed by atoms with E-state index in [2.05, 4.69) is 15.3 Å². The third kappa shape index (κ3) is 3.73. The van der Waals surface area contributed by atoms with Crippen LogP contribution in [0, 0.1) is 0 Å². The summed E-state index contributed by atoms with van der Waals surface area (Å²) in [5.41, 5.74) is 1.14. The van der Waals surface area contributed by atoms with Gasteiger partial charge in [0.15, 0.2) is 0 Å². The second-order valence-electron chi connectivity index (χ2n) is 6.79. The van der Waals surface area contributed by atoms with Gasteiger partial charge in [-0.2, -0.15) is 0 Å². The second kappa shape index (κ2) is 8.22. The molecule has 1 atom stereocenters. The molecule has 1 aliphatic heterocycles. The van der Waals surface area contributed by atoms with Gasteiger partial charge in [-0.15, -0.1) is 0 Å². The van der Waals surface area contributed by atoms with Gasteiger partial charge in [-0.3, -0.25) is 14.2 Å². The van der Waals surface area contributed by atoms with Crippen LogP contribution in [0.3, 0.4) is 0 Å². The number of hydrogen-bond acceptors (Lipinski definition) is 6. The predicted molar refractivity (Wildman–Crippen MR) is 107 cm³/mol. The van der Waals surface area contributed by atoms with E-state index in [0.717, 1.165) is 12.8 Å². The van der Waals surface area contributed by atoms with Gasteiger partial charge in [0.05, 0.1) is 18.8 Å². The van der Waals surface area contributed by atoms with E-state index in [-0.39, 0.29) is 23.3 Å². The molecule has 0 bridgehead atoms. The van der Waals surface area contributed by atoms with Crippen LogP contribution in [0.15, 0.2) is 53.7 Å². The SMILES string of the molecule is COc1c(-c2ccncn2)nc2n(c1=O)CCCCC2NC(=O)c1ccccc1. The molecule has 0 saturated heterocycles. The van der Waals surface area contributed by atoms with Crippen LogP contribution in [-0.4, -0.2) is 32.5 Å². The van der Waals surface area contributed by atoms with E-state index in [0.29, 0.717) is 35.7 Å². The molecule has 0 saturated carbocycles. The summed E-state index contributed by atoms with van der Waals surface area (Å²) in [6.45, 7) is 0.527. The lowest BCUT2D eigenvalue weighted by atomic mass is 10.1. The van der Waals surface area contributed by atoms with E-state index in [9.17, 15) is 9.59 Å². The summed E-state index contributed by atoms with van der Waals surface area (Å²) in [6.07, 6.45) is 5.37. The highest BCUT2D eigenvalue weighted by Gasteiger charge is 2.27. The minimum absolute atomic E-state index is 0.141. The maximum Gasteiger partial charge on any atom is 0.296 e. The quantitative estimate of drug-likeness (QED) is 0.733. The van der Waals surface area contributed by atoms with Gasteiger partial charge in [0.1, 0.15) is 17.8 Å². The number of methoxy groups -OCH3 is 1. The number of carbonyl (C=O) groups excluding carboxylic acids is 1. The molecule has 1 amide bonds. The van der Waals surface area contributed by atoms with Crippen LogP contribution in [0.25, 0.3) is 11.4 Å². The number of fused-ring (bicyclic) bond motifs is 1. The fourth-order valence-corrected chi connectivity index (χ4v) is 3.54. The Labute approximate surface area is 167 Å². The summed E-state index contributed by atoms with van der Waals surface area (Å²) in [5.74, 6) is 0.464. The van der Waals surface area contributed by atoms with E-state index < -0.39 is 0 Å². The number of rotatable bonds is 4. The molecule has 1 aromatic carbocycles. The molecular weight excluding hydrogens is 370 g/mol. The fraction of sp³-hybridized carbons (Fsp3) is 0.286. The van der Waals surface area contributed by atoms with Crippen LogP contribution < -0.4 is 15.6 Å². The lowest BCUT2D eigenvalue weighted by molar-refractivity contribution is 0.0932. The summed E-state index contributed by atoms with van der Waals surface area (Å²) in [7, 11) is 1.45. The number of hydrogen-bond donors (Lipinski definition) is 1. The molecule has 0 fully saturated rings. The molecule has 4 rings (SSSR count). The maximum absolute atomic E-state index is 13.1. The Hall–Kier alpha value is -3.55. The van der Waals surface area contributed by atoms with Crippen LogP contribution in [-0.2, 0) is 6.54 Å². The summed E-state index contributed by atoms with van der Waals surface area (Å²) >= 11 is 0. The molecule has 3 aromatic rings.